The highest BCUT2D eigenvalue weighted by Gasteiger charge is 2.40. The molecule has 0 atom stereocenters. The van der Waals surface area contributed by atoms with Crippen LogP contribution in [0.3, 0.4) is 0 Å². The highest BCUT2D eigenvalue weighted by molar-refractivity contribution is 7.99. The smallest absolute Gasteiger partial charge is 0.141 e. The number of nitrogens with zero attached hydrogens (tertiary/aromatic N) is 1. The van der Waals surface area contributed by atoms with E-state index < -0.39 is 0 Å². The van der Waals surface area contributed by atoms with Gasteiger partial charge < -0.3 is 9.64 Å². The van der Waals surface area contributed by atoms with Crippen molar-refractivity contribution in [3.05, 3.63) is 235 Å². The van der Waals surface area contributed by atoms with E-state index in [0.717, 1.165) is 38.4 Å². The van der Waals surface area contributed by atoms with Gasteiger partial charge in [-0.05, 0) is 134 Å². The van der Waals surface area contributed by atoms with Crippen LogP contribution in [0.1, 0.15) is 23.6 Å². The molecule has 302 valence electrons. The molecule has 2 aliphatic rings. The first-order chi connectivity index (χ1) is 31.6. The lowest BCUT2D eigenvalue weighted by Crippen LogP contribution is -2.23. The molecule has 1 aliphatic heterocycles. The Bertz CT molecular complexity index is 3600. The molecule has 10 aromatic carbocycles. The van der Waals surface area contributed by atoms with Gasteiger partial charge in [-0.25, -0.2) is 0 Å². The van der Waals surface area contributed by atoms with Gasteiger partial charge in [-0.15, -0.1) is 11.3 Å². The van der Waals surface area contributed by atoms with Gasteiger partial charge in [0.1, 0.15) is 11.5 Å². The maximum atomic E-state index is 6.43. The van der Waals surface area contributed by atoms with Crippen LogP contribution in [-0.2, 0) is 5.41 Å². The molecule has 1 aliphatic carbocycles. The quantitative estimate of drug-likeness (QED) is 0.165. The lowest BCUT2D eigenvalue weighted by Gasteiger charge is -2.31. The van der Waals surface area contributed by atoms with E-state index in [1.807, 2.05) is 23.5 Å². The molecule has 1 aromatic heterocycles. The molecular weight excluding hydrogens is 815 g/mol. The molecule has 0 amide bonds. The summed E-state index contributed by atoms with van der Waals surface area (Å²) in [5.74, 6) is 1.78. The molecule has 0 saturated heterocycles. The van der Waals surface area contributed by atoms with Crippen LogP contribution < -0.4 is 9.64 Å². The minimum Gasteiger partial charge on any atom is -0.455 e. The van der Waals surface area contributed by atoms with E-state index in [-0.39, 0.29) is 5.41 Å². The molecule has 0 spiro atoms. The molecule has 4 heteroatoms. The zero-order valence-corrected chi connectivity index (χ0v) is 36.6. The summed E-state index contributed by atoms with van der Waals surface area (Å²) in [5, 5.41) is 5.17. The predicted molar refractivity (Wildman–Crippen MR) is 270 cm³/mol. The first kappa shape index (κ1) is 37.2. The van der Waals surface area contributed by atoms with Gasteiger partial charge in [-0.1, -0.05) is 163 Å². The van der Waals surface area contributed by atoms with Crippen LogP contribution in [0.15, 0.2) is 228 Å². The number of thiophene rings is 1. The Morgan fingerprint density at radius 1 is 0.422 bits per heavy atom. The molecule has 0 N–H and O–H groups in total. The number of fused-ring (bicyclic) bond motifs is 9. The number of hydrogen-bond donors (Lipinski definition) is 0. The SMILES string of the molecule is CC1(c2cccc(N(c3ccc(-c4cccc5c(-c6ccccc6)c6c(cc45)sc4ccccc46)cc3)c3ccc4c(c3)Sc3ccccc3O4)c2)c2ccccc2-c2ccccc21. The molecule has 0 unspecified atom stereocenters. The van der Waals surface area contributed by atoms with Gasteiger partial charge in [-0.3, -0.25) is 0 Å². The Morgan fingerprint density at radius 3 is 1.89 bits per heavy atom. The van der Waals surface area contributed by atoms with E-state index in [4.69, 9.17) is 4.74 Å². The monoisotopic (exact) mass is 853 g/mol. The molecule has 0 radical (unpaired) electrons. The summed E-state index contributed by atoms with van der Waals surface area (Å²) in [7, 11) is 0. The van der Waals surface area contributed by atoms with Crippen molar-refractivity contribution in [3.63, 3.8) is 0 Å². The standard InChI is InChI=1S/C60H39NOS2/c1-60(50-24-8-5-19-45(50)46-20-6-9-25-51(46)60)40-17-13-18-42(35-40)61(43-33-34-53-56(36-43)64-55-28-12-10-26-52(55)62-53)41-31-29-38(30-32-41)44-22-14-23-47-49(44)37-57-59(48-21-7-11-27-54(48)63-57)58(47)39-15-3-2-4-16-39/h2-37H,1H3. The minimum atomic E-state index is -0.325. The van der Waals surface area contributed by atoms with E-state index in [1.165, 1.54) is 81.0 Å². The van der Waals surface area contributed by atoms with Crippen LogP contribution in [0.5, 0.6) is 11.5 Å². The van der Waals surface area contributed by atoms with Crippen LogP contribution in [0, 0.1) is 0 Å². The fraction of sp³-hybridized carbons (Fsp3) is 0.0333. The highest BCUT2D eigenvalue weighted by Crippen LogP contribution is 2.54. The second-order valence-corrected chi connectivity index (χ2v) is 19.1. The summed E-state index contributed by atoms with van der Waals surface area (Å²) < 4.78 is 9.05. The van der Waals surface area contributed by atoms with Crippen molar-refractivity contribution < 1.29 is 4.74 Å². The van der Waals surface area contributed by atoms with Crippen molar-refractivity contribution in [2.24, 2.45) is 0 Å². The molecule has 13 rings (SSSR count). The Labute approximate surface area is 380 Å². The first-order valence-electron chi connectivity index (χ1n) is 21.8. The van der Waals surface area contributed by atoms with E-state index in [1.54, 1.807) is 11.8 Å². The number of rotatable bonds is 6. The Balaban J connectivity index is 0.967. The van der Waals surface area contributed by atoms with Crippen LogP contribution in [0.2, 0.25) is 0 Å². The van der Waals surface area contributed by atoms with Gasteiger partial charge >= 0.3 is 0 Å². The van der Waals surface area contributed by atoms with Crippen molar-refractivity contribution >= 4 is 71.1 Å². The van der Waals surface area contributed by atoms with E-state index in [9.17, 15) is 0 Å². The fourth-order valence-corrected chi connectivity index (χ4v) is 12.5. The van der Waals surface area contributed by atoms with Gasteiger partial charge in [-0.2, -0.15) is 0 Å². The summed E-state index contributed by atoms with van der Waals surface area (Å²) in [6.07, 6.45) is 0. The lowest BCUT2D eigenvalue weighted by atomic mass is 9.74. The zero-order valence-electron chi connectivity index (χ0n) is 35.0. The molecule has 2 heterocycles. The molecule has 11 aromatic rings. The normalized spacial score (nSPS) is 13.3. The van der Waals surface area contributed by atoms with Crippen LogP contribution in [0.25, 0.3) is 64.3 Å². The molecule has 0 fully saturated rings. The molecule has 0 bridgehead atoms. The third-order valence-corrected chi connectivity index (χ3v) is 15.6. The summed E-state index contributed by atoms with van der Waals surface area (Å²) in [4.78, 5) is 4.62. The second-order valence-electron chi connectivity index (χ2n) is 16.9. The summed E-state index contributed by atoms with van der Waals surface area (Å²) in [6.45, 7) is 2.39. The number of anilines is 3. The van der Waals surface area contributed by atoms with Gasteiger partial charge in [0.2, 0.25) is 0 Å². The maximum Gasteiger partial charge on any atom is 0.141 e. The van der Waals surface area contributed by atoms with E-state index >= 15 is 0 Å². The average Bonchev–Trinajstić information content (AvgIpc) is 3.86. The van der Waals surface area contributed by atoms with Crippen LogP contribution in [0.4, 0.5) is 17.1 Å². The number of para-hydroxylation sites is 1. The number of ether oxygens (including phenoxy) is 1. The fourth-order valence-electron chi connectivity index (χ4n) is 10.4. The van der Waals surface area contributed by atoms with Crippen LogP contribution in [-0.4, -0.2) is 0 Å². The number of benzene rings is 10. The number of hydrogen-bond acceptors (Lipinski definition) is 4. The Kier molecular flexibility index (Phi) is 8.49. The summed E-state index contributed by atoms with van der Waals surface area (Å²) >= 11 is 3.65. The van der Waals surface area contributed by atoms with Crippen LogP contribution >= 0.6 is 23.1 Å². The predicted octanol–water partition coefficient (Wildman–Crippen LogP) is 17.6. The average molecular weight is 854 g/mol. The first-order valence-corrected chi connectivity index (χ1v) is 23.5. The van der Waals surface area contributed by atoms with Crippen molar-refractivity contribution in [1.29, 1.82) is 0 Å². The van der Waals surface area contributed by atoms with E-state index in [2.05, 4.69) is 218 Å². The largest absolute Gasteiger partial charge is 0.455 e. The Morgan fingerprint density at radius 2 is 1.06 bits per heavy atom. The molecular formula is C60H39NOS2. The molecule has 64 heavy (non-hydrogen) atoms. The summed E-state index contributed by atoms with van der Waals surface area (Å²) in [5.41, 5.74) is 14.4. The van der Waals surface area contributed by atoms with Gasteiger partial charge in [0, 0.05) is 42.6 Å². The second kappa shape index (κ2) is 14.6. The van der Waals surface area contributed by atoms with E-state index in [0.29, 0.717) is 0 Å². The Hall–Kier alpha value is -7.37. The maximum absolute atomic E-state index is 6.43. The van der Waals surface area contributed by atoms with Crippen molar-refractivity contribution in [1.82, 2.24) is 0 Å². The third-order valence-electron chi connectivity index (χ3n) is 13.4. The molecule has 0 saturated carbocycles. The van der Waals surface area contributed by atoms with Crippen molar-refractivity contribution in [2.75, 3.05) is 4.90 Å². The van der Waals surface area contributed by atoms with Gasteiger partial charge in [0.25, 0.3) is 0 Å². The summed E-state index contributed by atoms with van der Waals surface area (Å²) in [6, 6.07) is 80.0. The van der Waals surface area contributed by atoms with Crippen molar-refractivity contribution in [2.45, 2.75) is 22.1 Å². The zero-order chi connectivity index (χ0) is 42.4. The topological polar surface area (TPSA) is 12.5 Å². The van der Waals surface area contributed by atoms with Crippen molar-refractivity contribution in [3.8, 4) is 44.9 Å². The lowest BCUT2D eigenvalue weighted by molar-refractivity contribution is 0.454. The minimum absolute atomic E-state index is 0.325. The third kappa shape index (κ3) is 5.73. The molecule has 2 nitrogen and oxygen atoms in total. The van der Waals surface area contributed by atoms with Gasteiger partial charge in [0.15, 0.2) is 0 Å². The highest BCUT2D eigenvalue weighted by atomic mass is 32.2. The van der Waals surface area contributed by atoms with Gasteiger partial charge in [0.05, 0.1) is 9.79 Å².